The molecular weight excluding hydrogens is 470 g/mol. The maximum atomic E-state index is 13.2. The molecule has 0 unspecified atom stereocenters. The Bertz CT molecular complexity index is 1350. The van der Waals surface area contributed by atoms with Gasteiger partial charge in [0, 0.05) is 18.8 Å². The van der Waals surface area contributed by atoms with Gasteiger partial charge in [-0.1, -0.05) is 29.8 Å². The molecule has 3 aromatic carbocycles. The van der Waals surface area contributed by atoms with Gasteiger partial charge in [-0.05, 0) is 55.5 Å². The van der Waals surface area contributed by atoms with Crippen LogP contribution in [0.2, 0.25) is 0 Å². The van der Waals surface area contributed by atoms with Gasteiger partial charge in [-0.15, -0.1) is 0 Å². The predicted molar refractivity (Wildman–Crippen MR) is 129 cm³/mol. The topological polar surface area (TPSA) is 113 Å². The molecule has 0 spiro atoms. The number of nitrogens with one attached hydrogen (secondary N) is 1. The third-order valence-corrected chi connectivity index (χ3v) is 6.94. The zero-order chi connectivity index (χ0) is 25.2. The largest absolute Gasteiger partial charge is 0.497 e. The molecule has 0 saturated heterocycles. The number of carbonyl (C=O) groups excluding carboxylic acids is 3. The number of carbonyl (C=O) groups is 3. The number of rotatable bonds is 7. The molecule has 1 N–H and O–H groups in total. The molecule has 4 rings (SSSR count). The van der Waals surface area contributed by atoms with E-state index >= 15 is 0 Å². The van der Waals surface area contributed by atoms with E-state index in [4.69, 9.17) is 4.74 Å². The first-order valence-corrected chi connectivity index (χ1v) is 12.2. The Morgan fingerprint density at radius 1 is 0.914 bits per heavy atom. The fourth-order valence-corrected chi connectivity index (χ4v) is 4.65. The van der Waals surface area contributed by atoms with Crippen molar-refractivity contribution in [2.24, 2.45) is 0 Å². The minimum atomic E-state index is -4.16. The SMILES string of the molecule is COc1ccc(N(CCN2C(=O)c3ccccc3C2=O)C(=O)NS(=O)(=O)c2ccc(C)cc2)cc1. The van der Waals surface area contributed by atoms with Crippen LogP contribution < -0.4 is 14.4 Å². The minimum absolute atomic E-state index is 0.0634. The van der Waals surface area contributed by atoms with Crippen LogP contribution in [0.1, 0.15) is 26.3 Å². The van der Waals surface area contributed by atoms with E-state index in [2.05, 4.69) is 4.72 Å². The number of urea groups is 1. The highest BCUT2D eigenvalue weighted by Crippen LogP contribution is 2.24. The Labute approximate surface area is 203 Å². The van der Waals surface area contributed by atoms with Crippen LogP contribution >= 0.6 is 0 Å². The number of ether oxygens (including phenoxy) is 1. The number of anilines is 1. The summed E-state index contributed by atoms with van der Waals surface area (Å²) >= 11 is 0. The number of hydrogen-bond donors (Lipinski definition) is 1. The summed E-state index contributed by atoms with van der Waals surface area (Å²) in [5.41, 5.74) is 1.81. The third kappa shape index (κ3) is 4.87. The van der Waals surface area contributed by atoms with Gasteiger partial charge < -0.3 is 4.74 Å². The molecule has 1 aliphatic heterocycles. The Balaban J connectivity index is 1.58. The van der Waals surface area contributed by atoms with Crippen LogP contribution in [0.5, 0.6) is 5.75 Å². The molecule has 0 aliphatic carbocycles. The maximum absolute atomic E-state index is 13.2. The lowest BCUT2D eigenvalue weighted by Gasteiger charge is -2.25. The van der Waals surface area contributed by atoms with Crippen molar-refractivity contribution in [3.05, 3.63) is 89.5 Å². The Hall–Kier alpha value is -4.18. The van der Waals surface area contributed by atoms with Crippen LogP contribution in [-0.4, -0.2) is 51.4 Å². The number of methoxy groups -OCH3 is 1. The van der Waals surface area contributed by atoms with E-state index in [1.807, 2.05) is 6.92 Å². The smallest absolute Gasteiger partial charge is 0.335 e. The van der Waals surface area contributed by atoms with Gasteiger partial charge >= 0.3 is 6.03 Å². The first kappa shape index (κ1) is 24.0. The van der Waals surface area contributed by atoms with E-state index in [1.165, 1.54) is 19.2 Å². The molecule has 0 radical (unpaired) electrons. The van der Waals surface area contributed by atoms with Crippen molar-refractivity contribution >= 4 is 33.6 Å². The maximum Gasteiger partial charge on any atom is 0.335 e. The number of nitrogens with zero attached hydrogens (tertiary/aromatic N) is 2. The summed E-state index contributed by atoms with van der Waals surface area (Å²) in [6, 6.07) is 18.0. The van der Waals surface area contributed by atoms with E-state index in [9.17, 15) is 22.8 Å². The zero-order valence-electron chi connectivity index (χ0n) is 19.1. The van der Waals surface area contributed by atoms with E-state index in [1.54, 1.807) is 60.7 Å². The number of benzene rings is 3. The molecule has 4 amide bonds. The average molecular weight is 494 g/mol. The minimum Gasteiger partial charge on any atom is -0.497 e. The Morgan fingerprint density at radius 2 is 1.49 bits per heavy atom. The molecule has 10 heteroatoms. The molecule has 1 aliphatic rings. The summed E-state index contributed by atoms with van der Waals surface area (Å²) in [6.45, 7) is 1.56. The molecule has 35 heavy (non-hydrogen) atoms. The lowest BCUT2D eigenvalue weighted by molar-refractivity contribution is 0.0658. The number of imide groups is 1. The highest BCUT2D eigenvalue weighted by atomic mass is 32.2. The van der Waals surface area contributed by atoms with Gasteiger partial charge in [-0.3, -0.25) is 19.4 Å². The van der Waals surface area contributed by atoms with Crippen molar-refractivity contribution < 1.29 is 27.5 Å². The molecule has 0 fully saturated rings. The van der Waals surface area contributed by atoms with E-state index in [0.717, 1.165) is 15.4 Å². The molecule has 1 heterocycles. The molecule has 0 saturated carbocycles. The molecule has 0 bridgehead atoms. The molecule has 9 nitrogen and oxygen atoms in total. The summed E-state index contributed by atoms with van der Waals surface area (Å²) in [4.78, 5) is 40.7. The zero-order valence-corrected chi connectivity index (χ0v) is 19.9. The molecular formula is C25H23N3O6S. The lowest BCUT2D eigenvalue weighted by atomic mass is 10.1. The van der Waals surface area contributed by atoms with Gasteiger partial charge in [0.1, 0.15) is 5.75 Å². The summed E-state index contributed by atoms with van der Waals surface area (Å²) in [6.07, 6.45) is 0. The lowest BCUT2D eigenvalue weighted by Crippen LogP contribution is -2.47. The van der Waals surface area contributed by atoms with Crippen molar-refractivity contribution in [1.29, 1.82) is 0 Å². The highest BCUT2D eigenvalue weighted by Gasteiger charge is 2.35. The number of sulfonamides is 1. The number of aryl methyl sites for hydroxylation is 1. The number of amides is 4. The van der Waals surface area contributed by atoms with Crippen molar-refractivity contribution in [1.82, 2.24) is 9.62 Å². The van der Waals surface area contributed by atoms with Gasteiger partial charge in [0.2, 0.25) is 0 Å². The molecule has 180 valence electrons. The first-order chi connectivity index (χ1) is 16.7. The van der Waals surface area contributed by atoms with E-state index < -0.39 is 27.9 Å². The Morgan fingerprint density at radius 3 is 2.03 bits per heavy atom. The van der Waals surface area contributed by atoms with Gasteiger partial charge in [0.05, 0.1) is 23.1 Å². The quantitative estimate of drug-likeness (QED) is 0.506. The van der Waals surface area contributed by atoms with Crippen molar-refractivity contribution in [3.8, 4) is 5.75 Å². The van der Waals surface area contributed by atoms with Crippen molar-refractivity contribution in [3.63, 3.8) is 0 Å². The second-order valence-electron chi connectivity index (χ2n) is 7.88. The number of fused-ring (bicyclic) bond motifs is 1. The predicted octanol–water partition coefficient (Wildman–Crippen LogP) is 3.20. The van der Waals surface area contributed by atoms with Crippen LogP contribution in [-0.2, 0) is 10.0 Å². The standard InChI is InChI=1S/C25H23N3O6S/c1-17-7-13-20(14-8-17)35(32,33)26-25(31)27(18-9-11-19(34-2)12-10-18)15-16-28-23(29)21-5-3-4-6-22(21)24(28)30/h3-14H,15-16H2,1-2H3,(H,26,31). The van der Waals surface area contributed by atoms with Gasteiger partial charge in [0.25, 0.3) is 21.8 Å². The van der Waals surface area contributed by atoms with Crippen LogP contribution in [0.15, 0.2) is 77.7 Å². The highest BCUT2D eigenvalue weighted by molar-refractivity contribution is 7.90. The second-order valence-corrected chi connectivity index (χ2v) is 9.56. The van der Waals surface area contributed by atoms with Gasteiger partial charge in [-0.2, -0.15) is 0 Å². The van der Waals surface area contributed by atoms with Gasteiger partial charge in [-0.25, -0.2) is 17.9 Å². The second kappa shape index (κ2) is 9.59. The molecule has 3 aromatic rings. The van der Waals surface area contributed by atoms with Crippen molar-refractivity contribution in [2.45, 2.75) is 11.8 Å². The summed E-state index contributed by atoms with van der Waals surface area (Å²) in [5.74, 6) is -0.386. The fraction of sp³-hybridized carbons (Fsp3) is 0.160. The van der Waals surface area contributed by atoms with Crippen LogP contribution in [0.3, 0.4) is 0 Å². The van der Waals surface area contributed by atoms with Crippen molar-refractivity contribution in [2.75, 3.05) is 25.1 Å². The van der Waals surface area contributed by atoms with E-state index in [-0.39, 0.29) is 18.0 Å². The fourth-order valence-electron chi connectivity index (χ4n) is 3.70. The normalized spacial score (nSPS) is 12.9. The van der Waals surface area contributed by atoms with Crippen LogP contribution in [0.4, 0.5) is 10.5 Å². The summed E-state index contributed by atoms with van der Waals surface area (Å²) < 4.78 is 32.8. The molecule has 0 atom stereocenters. The summed E-state index contributed by atoms with van der Waals surface area (Å²) in [7, 11) is -2.66. The van der Waals surface area contributed by atoms with Gasteiger partial charge in [0.15, 0.2) is 0 Å². The monoisotopic (exact) mass is 493 g/mol. The number of hydrogen-bond acceptors (Lipinski definition) is 6. The van der Waals surface area contributed by atoms with Crippen LogP contribution in [0.25, 0.3) is 0 Å². The molecule has 0 aromatic heterocycles. The Kier molecular flexibility index (Phi) is 6.57. The first-order valence-electron chi connectivity index (χ1n) is 10.7. The summed E-state index contributed by atoms with van der Waals surface area (Å²) in [5, 5.41) is 0. The average Bonchev–Trinajstić information content (AvgIpc) is 3.09. The van der Waals surface area contributed by atoms with Crippen LogP contribution in [0, 0.1) is 6.92 Å². The van der Waals surface area contributed by atoms with E-state index in [0.29, 0.717) is 22.6 Å². The third-order valence-electron chi connectivity index (χ3n) is 5.61.